The third-order valence-corrected chi connectivity index (χ3v) is 5.51. The Labute approximate surface area is 198 Å². The van der Waals surface area contributed by atoms with Crippen molar-refractivity contribution in [1.82, 2.24) is 5.32 Å². The average molecular weight is 485 g/mol. The number of anilines is 1. The van der Waals surface area contributed by atoms with E-state index in [0.29, 0.717) is 21.4 Å². The van der Waals surface area contributed by atoms with Crippen LogP contribution in [0.15, 0.2) is 72.3 Å². The van der Waals surface area contributed by atoms with Gasteiger partial charge >= 0.3 is 6.03 Å². The van der Waals surface area contributed by atoms with E-state index >= 15 is 0 Å². The smallest absolute Gasteiger partial charge is 0.335 e. The molecule has 1 heterocycles. The quantitative estimate of drug-likeness (QED) is 0.389. The Morgan fingerprint density at radius 3 is 2.27 bits per heavy atom. The van der Waals surface area contributed by atoms with Crippen LogP contribution in [-0.2, 0) is 16.2 Å². The summed E-state index contributed by atoms with van der Waals surface area (Å²) in [6.07, 6.45) is 1.36. The largest absolute Gasteiger partial charge is 0.489 e. The average Bonchev–Trinajstić information content (AvgIpc) is 2.79. The molecular formula is C24H15Cl2FN2O4. The van der Waals surface area contributed by atoms with Crippen LogP contribution in [0.4, 0.5) is 14.9 Å². The molecule has 9 heteroatoms. The molecule has 0 aromatic heterocycles. The number of ether oxygens (including phenoxy) is 1. The van der Waals surface area contributed by atoms with Crippen molar-refractivity contribution in [2.24, 2.45) is 0 Å². The summed E-state index contributed by atoms with van der Waals surface area (Å²) < 4.78 is 18.9. The molecule has 1 saturated heterocycles. The highest BCUT2D eigenvalue weighted by Gasteiger charge is 2.36. The maximum absolute atomic E-state index is 13.2. The number of barbiturate groups is 1. The van der Waals surface area contributed by atoms with E-state index in [4.69, 9.17) is 27.9 Å². The number of rotatable bonds is 5. The van der Waals surface area contributed by atoms with Crippen LogP contribution in [0.5, 0.6) is 5.75 Å². The molecule has 3 aromatic rings. The van der Waals surface area contributed by atoms with Gasteiger partial charge in [-0.3, -0.25) is 14.9 Å². The number of nitrogens with one attached hydrogen (secondary N) is 1. The molecule has 0 unspecified atom stereocenters. The number of halogens is 3. The number of urea groups is 1. The van der Waals surface area contributed by atoms with E-state index in [1.54, 1.807) is 42.5 Å². The lowest BCUT2D eigenvalue weighted by Gasteiger charge is -2.26. The van der Waals surface area contributed by atoms with Gasteiger partial charge in [0.15, 0.2) is 0 Å². The number of hydrogen-bond donors (Lipinski definition) is 1. The Morgan fingerprint density at radius 1 is 0.909 bits per heavy atom. The van der Waals surface area contributed by atoms with Gasteiger partial charge in [-0.1, -0.05) is 41.4 Å². The highest BCUT2D eigenvalue weighted by atomic mass is 35.5. The van der Waals surface area contributed by atoms with E-state index in [1.807, 2.05) is 0 Å². The molecule has 1 N–H and O–H groups in total. The minimum absolute atomic E-state index is 0.142. The van der Waals surface area contributed by atoms with E-state index < -0.39 is 23.7 Å². The molecule has 0 radical (unpaired) electrons. The maximum Gasteiger partial charge on any atom is 0.335 e. The number of nitrogens with zero attached hydrogens (tertiary/aromatic N) is 1. The topological polar surface area (TPSA) is 75.7 Å². The molecule has 0 spiro atoms. The molecule has 0 bridgehead atoms. The molecule has 6 nitrogen and oxygen atoms in total. The fourth-order valence-electron chi connectivity index (χ4n) is 3.11. The van der Waals surface area contributed by atoms with Crippen LogP contribution in [0.25, 0.3) is 6.08 Å². The summed E-state index contributed by atoms with van der Waals surface area (Å²) in [6, 6.07) is 15.8. The third kappa shape index (κ3) is 5.05. The van der Waals surface area contributed by atoms with Gasteiger partial charge in [-0.2, -0.15) is 0 Å². The maximum atomic E-state index is 13.2. The minimum atomic E-state index is -0.903. The van der Waals surface area contributed by atoms with Crippen molar-refractivity contribution in [3.05, 3.63) is 99.3 Å². The van der Waals surface area contributed by atoms with Gasteiger partial charge in [0, 0.05) is 0 Å². The Hall–Kier alpha value is -3.68. The molecule has 0 aliphatic carbocycles. The van der Waals surface area contributed by atoms with Crippen LogP contribution in [-0.4, -0.2) is 17.8 Å². The van der Waals surface area contributed by atoms with Gasteiger partial charge in [0.25, 0.3) is 11.8 Å². The van der Waals surface area contributed by atoms with Gasteiger partial charge in [0.2, 0.25) is 0 Å². The third-order valence-electron chi connectivity index (χ3n) is 4.77. The van der Waals surface area contributed by atoms with Gasteiger partial charge < -0.3 is 4.74 Å². The van der Waals surface area contributed by atoms with Crippen LogP contribution < -0.4 is 15.0 Å². The highest BCUT2D eigenvalue weighted by molar-refractivity contribution is 6.42. The number of carbonyl (C=O) groups excluding carboxylic acids is 3. The first-order chi connectivity index (χ1) is 15.8. The summed E-state index contributed by atoms with van der Waals surface area (Å²) >= 11 is 11.9. The van der Waals surface area contributed by atoms with E-state index in [-0.39, 0.29) is 17.9 Å². The zero-order valence-corrected chi connectivity index (χ0v) is 18.4. The van der Waals surface area contributed by atoms with Gasteiger partial charge in [-0.05, 0) is 65.7 Å². The second-order valence-corrected chi connectivity index (χ2v) is 7.85. The van der Waals surface area contributed by atoms with Crippen LogP contribution >= 0.6 is 23.2 Å². The van der Waals surface area contributed by atoms with Crippen molar-refractivity contribution in [2.45, 2.75) is 6.61 Å². The van der Waals surface area contributed by atoms with Gasteiger partial charge in [0.05, 0.1) is 15.7 Å². The SMILES string of the molecule is O=C1NC(=O)N(c2ccc(F)cc2)C(=O)/C1=C/c1ccc(OCc2ccc(Cl)c(Cl)c2)cc1. The van der Waals surface area contributed by atoms with Crippen LogP contribution in [0.1, 0.15) is 11.1 Å². The van der Waals surface area contributed by atoms with Crippen molar-refractivity contribution in [1.29, 1.82) is 0 Å². The minimum Gasteiger partial charge on any atom is -0.489 e. The number of imide groups is 2. The van der Waals surface area contributed by atoms with Crippen molar-refractivity contribution in [3.63, 3.8) is 0 Å². The molecule has 4 rings (SSSR count). The molecule has 1 aliphatic heterocycles. The van der Waals surface area contributed by atoms with E-state index in [9.17, 15) is 18.8 Å². The molecular weight excluding hydrogens is 470 g/mol. The highest BCUT2D eigenvalue weighted by Crippen LogP contribution is 2.25. The predicted octanol–water partition coefficient (Wildman–Crippen LogP) is 5.38. The lowest BCUT2D eigenvalue weighted by molar-refractivity contribution is -0.122. The summed E-state index contributed by atoms with van der Waals surface area (Å²) in [6.45, 7) is 0.271. The monoisotopic (exact) mass is 484 g/mol. The summed E-state index contributed by atoms with van der Waals surface area (Å²) in [7, 11) is 0. The normalized spacial score (nSPS) is 15.1. The van der Waals surface area contributed by atoms with E-state index in [0.717, 1.165) is 22.6 Å². The second kappa shape index (κ2) is 9.44. The fourth-order valence-corrected chi connectivity index (χ4v) is 3.43. The summed E-state index contributed by atoms with van der Waals surface area (Å²) in [5.41, 5.74) is 1.29. The number of benzene rings is 3. The van der Waals surface area contributed by atoms with Crippen molar-refractivity contribution >= 4 is 52.8 Å². The lowest BCUT2D eigenvalue weighted by Crippen LogP contribution is -2.54. The molecule has 3 aromatic carbocycles. The standard InChI is InChI=1S/C24H15Cl2FN2O4/c25-20-10-3-15(12-21(20)26)13-33-18-8-1-14(2-9-18)11-19-22(30)28-24(32)29(23(19)31)17-6-4-16(27)5-7-17/h1-12H,13H2,(H,28,30,32)/b19-11+. The molecule has 166 valence electrons. The second-order valence-electron chi connectivity index (χ2n) is 7.04. The van der Waals surface area contributed by atoms with E-state index in [2.05, 4.69) is 5.32 Å². The lowest BCUT2D eigenvalue weighted by atomic mass is 10.1. The van der Waals surface area contributed by atoms with Crippen molar-refractivity contribution in [2.75, 3.05) is 4.90 Å². The number of carbonyl (C=O) groups is 3. The first-order valence-electron chi connectivity index (χ1n) is 9.65. The first kappa shape index (κ1) is 22.5. The molecule has 1 aliphatic rings. The summed E-state index contributed by atoms with van der Waals surface area (Å²) in [4.78, 5) is 38.1. The number of amides is 4. The van der Waals surface area contributed by atoms with E-state index in [1.165, 1.54) is 18.2 Å². The van der Waals surface area contributed by atoms with Gasteiger partial charge in [-0.15, -0.1) is 0 Å². The zero-order valence-electron chi connectivity index (χ0n) is 16.8. The molecule has 1 fully saturated rings. The molecule has 0 atom stereocenters. The van der Waals surface area contributed by atoms with Gasteiger partial charge in [0.1, 0.15) is 23.7 Å². The predicted molar refractivity (Wildman–Crippen MR) is 123 cm³/mol. The van der Waals surface area contributed by atoms with Crippen LogP contribution in [0.3, 0.4) is 0 Å². The molecule has 33 heavy (non-hydrogen) atoms. The Morgan fingerprint density at radius 2 is 1.61 bits per heavy atom. The van der Waals surface area contributed by atoms with Crippen LogP contribution in [0, 0.1) is 5.82 Å². The molecule has 4 amide bonds. The summed E-state index contributed by atoms with van der Waals surface area (Å²) in [5.74, 6) is -1.58. The number of hydrogen-bond acceptors (Lipinski definition) is 4. The fraction of sp³-hybridized carbons (Fsp3) is 0.0417. The van der Waals surface area contributed by atoms with Gasteiger partial charge in [-0.25, -0.2) is 14.1 Å². The Bertz CT molecular complexity index is 1270. The van der Waals surface area contributed by atoms with Crippen molar-refractivity contribution in [3.8, 4) is 5.75 Å². The van der Waals surface area contributed by atoms with Crippen molar-refractivity contribution < 1.29 is 23.5 Å². The Kier molecular flexibility index (Phi) is 6.44. The van der Waals surface area contributed by atoms with Crippen LogP contribution in [0.2, 0.25) is 10.0 Å². The zero-order chi connectivity index (χ0) is 23.5. The Balaban J connectivity index is 1.50. The summed E-state index contributed by atoms with van der Waals surface area (Å²) in [5, 5.41) is 3.01. The molecule has 0 saturated carbocycles. The first-order valence-corrected chi connectivity index (χ1v) is 10.4.